The molecule has 6 nitrogen and oxygen atoms in total. The highest BCUT2D eigenvalue weighted by molar-refractivity contribution is 6.00. The van der Waals surface area contributed by atoms with Gasteiger partial charge in [0.25, 0.3) is 0 Å². The Hall–Kier alpha value is -2.60. The first kappa shape index (κ1) is 20.4. The standard InChI is InChI=1S/C17H22N2O4/c1-4-22-15(20)17(16(21)23-5-2,10-7-6-8-12-18)11-9-14(3)13-19/h6-7,9H,4-5,8,10-11H2,1-3H3/b7-6+,14-9+. The van der Waals surface area contributed by atoms with Crippen LogP contribution in [0.4, 0.5) is 0 Å². The number of allylic oxidation sites excluding steroid dienone is 4. The smallest absolute Gasteiger partial charge is 0.324 e. The molecule has 0 aromatic rings. The molecule has 0 fully saturated rings. The van der Waals surface area contributed by atoms with E-state index in [9.17, 15) is 9.59 Å². The zero-order valence-corrected chi connectivity index (χ0v) is 13.8. The van der Waals surface area contributed by atoms with Crippen LogP contribution in [0.2, 0.25) is 0 Å². The van der Waals surface area contributed by atoms with Crippen molar-refractivity contribution in [2.45, 2.75) is 40.0 Å². The highest BCUT2D eigenvalue weighted by Gasteiger charge is 2.47. The van der Waals surface area contributed by atoms with E-state index in [2.05, 4.69) is 0 Å². The SMILES string of the molecule is CCOC(=O)C(C/C=C/CC#N)(C/C=C(\C)C#N)C(=O)OCC. The number of nitriles is 2. The molecule has 0 aromatic carbocycles. The van der Waals surface area contributed by atoms with E-state index in [1.165, 1.54) is 6.08 Å². The topological polar surface area (TPSA) is 100 Å². The molecule has 0 heterocycles. The van der Waals surface area contributed by atoms with Crippen LogP contribution in [-0.2, 0) is 19.1 Å². The lowest BCUT2D eigenvalue weighted by molar-refractivity contribution is -0.171. The van der Waals surface area contributed by atoms with Gasteiger partial charge in [0.1, 0.15) is 0 Å². The lowest BCUT2D eigenvalue weighted by Gasteiger charge is -2.27. The largest absolute Gasteiger partial charge is 0.465 e. The average molecular weight is 318 g/mol. The third kappa shape index (κ3) is 6.36. The van der Waals surface area contributed by atoms with Crippen molar-refractivity contribution in [3.63, 3.8) is 0 Å². The molecule has 0 spiro atoms. The number of esters is 2. The molecule has 0 rings (SSSR count). The minimum absolute atomic E-state index is 0.000946. The Bertz CT molecular complexity index is 532. The highest BCUT2D eigenvalue weighted by atomic mass is 16.6. The molecule has 0 bridgehead atoms. The predicted molar refractivity (Wildman–Crippen MR) is 83.7 cm³/mol. The first-order valence-electron chi connectivity index (χ1n) is 7.41. The van der Waals surface area contributed by atoms with Gasteiger partial charge in [0, 0.05) is 5.57 Å². The van der Waals surface area contributed by atoms with Crippen molar-refractivity contribution in [2.75, 3.05) is 13.2 Å². The molecule has 124 valence electrons. The number of nitrogens with zero attached hydrogens (tertiary/aromatic N) is 2. The van der Waals surface area contributed by atoms with Crippen molar-refractivity contribution in [3.8, 4) is 12.1 Å². The molecular weight excluding hydrogens is 296 g/mol. The molecule has 0 amide bonds. The number of rotatable bonds is 9. The van der Waals surface area contributed by atoms with Gasteiger partial charge in [-0.3, -0.25) is 9.59 Å². The van der Waals surface area contributed by atoms with Gasteiger partial charge in [-0.25, -0.2) is 0 Å². The van der Waals surface area contributed by atoms with Crippen LogP contribution < -0.4 is 0 Å². The van der Waals surface area contributed by atoms with Crippen LogP contribution in [0.25, 0.3) is 0 Å². The Morgan fingerprint density at radius 1 is 1.04 bits per heavy atom. The Kier molecular flexibility index (Phi) is 9.78. The Balaban J connectivity index is 5.69. The van der Waals surface area contributed by atoms with Gasteiger partial charge < -0.3 is 9.47 Å². The summed E-state index contributed by atoms with van der Waals surface area (Å²) in [5.74, 6) is -1.39. The van der Waals surface area contributed by atoms with Gasteiger partial charge in [0.15, 0.2) is 5.41 Å². The lowest BCUT2D eigenvalue weighted by atomic mass is 9.80. The molecule has 0 unspecified atom stereocenters. The van der Waals surface area contributed by atoms with Crippen molar-refractivity contribution < 1.29 is 19.1 Å². The molecule has 0 aliphatic heterocycles. The molecule has 0 atom stereocenters. The van der Waals surface area contributed by atoms with E-state index >= 15 is 0 Å². The summed E-state index contributed by atoms with van der Waals surface area (Å²) >= 11 is 0. The maximum Gasteiger partial charge on any atom is 0.324 e. The van der Waals surface area contributed by atoms with Gasteiger partial charge >= 0.3 is 11.9 Å². The van der Waals surface area contributed by atoms with Gasteiger partial charge in [-0.1, -0.05) is 18.2 Å². The van der Waals surface area contributed by atoms with Crippen molar-refractivity contribution in [1.82, 2.24) is 0 Å². The molecule has 0 aromatic heterocycles. The summed E-state index contributed by atoms with van der Waals surface area (Å²) in [7, 11) is 0. The van der Waals surface area contributed by atoms with Gasteiger partial charge in [0.05, 0.1) is 31.8 Å². The van der Waals surface area contributed by atoms with Crippen molar-refractivity contribution in [3.05, 3.63) is 23.8 Å². The second kappa shape index (κ2) is 11.0. The van der Waals surface area contributed by atoms with Crippen LogP contribution in [-0.4, -0.2) is 25.2 Å². The fourth-order valence-corrected chi connectivity index (χ4v) is 1.83. The number of hydrogen-bond donors (Lipinski definition) is 0. The van der Waals surface area contributed by atoms with Gasteiger partial charge in [-0.2, -0.15) is 10.5 Å². The Morgan fingerprint density at radius 2 is 1.61 bits per heavy atom. The Morgan fingerprint density at radius 3 is 2.04 bits per heavy atom. The fourth-order valence-electron chi connectivity index (χ4n) is 1.83. The van der Waals surface area contributed by atoms with Crippen LogP contribution in [0.5, 0.6) is 0 Å². The molecule has 0 aliphatic carbocycles. The van der Waals surface area contributed by atoms with E-state index in [1.54, 1.807) is 32.9 Å². The maximum atomic E-state index is 12.4. The monoisotopic (exact) mass is 318 g/mol. The van der Waals surface area contributed by atoms with Gasteiger partial charge in [-0.15, -0.1) is 0 Å². The predicted octanol–water partition coefficient (Wildman–Crippen LogP) is 2.82. The van der Waals surface area contributed by atoms with Crippen molar-refractivity contribution in [1.29, 1.82) is 10.5 Å². The minimum Gasteiger partial charge on any atom is -0.465 e. The van der Waals surface area contributed by atoms with E-state index in [0.717, 1.165) is 0 Å². The zero-order chi connectivity index (χ0) is 17.7. The zero-order valence-electron chi connectivity index (χ0n) is 13.8. The number of carbonyl (C=O) groups is 2. The molecule has 0 saturated heterocycles. The summed E-state index contributed by atoms with van der Waals surface area (Å²) in [4.78, 5) is 24.8. The number of carbonyl (C=O) groups excluding carboxylic acids is 2. The highest BCUT2D eigenvalue weighted by Crippen LogP contribution is 2.32. The average Bonchev–Trinajstić information content (AvgIpc) is 2.54. The van der Waals surface area contributed by atoms with Crippen LogP contribution in [0.1, 0.15) is 40.0 Å². The fraction of sp³-hybridized carbons (Fsp3) is 0.529. The first-order chi connectivity index (χ1) is 11.0. The van der Waals surface area contributed by atoms with Crippen molar-refractivity contribution in [2.24, 2.45) is 5.41 Å². The molecule has 0 N–H and O–H groups in total. The molecule has 23 heavy (non-hydrogen) atoms. The third-order valence-electron chi connectivity index (χ3n) is 3.11. The van der Waals surface area contributed by atoms with Crippen LogP contribution in [0.3, 0.4) is 0 Å². The summed E-state index contributed by atoms with van der Waals surface area (Å²) in [5.41, 5.74) is -1.15. The van der Waals surface area contributed by atoms with Crippen molar-refractivity contribution >= 4 is 11.9 Å². The molecule has 0 saturated carbocycles. The van der Waals surface area contributed by atoms with Gasteiger partial charge in [-0.05, 0) is 33.6 Å². The summed E-state index contributed by atoms with van der Waals surface area (Å²) < 4.78 is 10.1. The molecule has 0 radical (unpaired) electrons. The number of hydrogen-bond acceptors (Lipinski definition) is 6. The van der Waals surface area contributed by atoms with Crippen LogP contribution >= 0.6 is 0 Å². The van der Waals surface area contributed by atoms with E-state index in [-0.39, 0.29) is 32.5 Å². The van der Waals surface area contributed by atoms with Crippen LogP contribution in [0.15, 0.2) is 23.8 Å². The first-order valence-corrected chi connectivity index (χ1v) is 7.41. The summed E-state index contributed by atoms with van der Waals surface area (Å²) in [6.45, 7) is 5.14. The Labute approximate surface area is 137 Å². The van der Waals surface area contributed by atoms with E-state index < -0.39 is 17.4 Å². The van der Waals surface area contributed by atoms with Crippen LogP contribution in [0, 0.1) is 28.1 Å². The van der Waals surface area contributed by atoms with E-state index in [1.807, 2.05) is 12.1 Å². The molecular formula is C17H22N2O4. The molecule has 0 aliphatic rings. The quantitative estimate of drug-likeness (QED) is 0.280. The lowest BCUT2D eigenvalue weighted by Crippen LogP contribution is -2.41. The summed E-state index contributed by atoms with van der Waals surface area (Å²) in [5, 5.41) is 17.4. The van der Waals surface area contributed by atoms with E-state index in [0.29, 0.717) is 5.57 Å². The minimum atomic E-state index is -1.55. The second-order valence-corrected chi connectivity index (χ2v) is 4.76. The van der Waals surface area contributed by atoms with E-state index in [4.69, 9.17) is 20.0 Å². The molecule has 6 heteroatoms. The second-order valence-electron chi connectivity index (χ2n) is 4.76. The normalized spacial score (nSPS) is 11.6. The number of ether oxygens (including phenoxy) is 2. The summed E-state index contributed by atoms with van der Waals surface area (Å²) in [6.07, 6.45) is 4.91. The maximum absolute atomic E-state index is 12.4. The third-order valence-corrected chi connectivity index (χ3v) is 3.11. The van der Waals surface area contributed by atoms with Gasteiger partial charge in [0.2, 0.25) is 0 Å². The summed E-state index contributed by atoms with van der Waals surface area (Å²) in [6, 6.07) is 3.90.